The molecule has 0 atom stereocenters. The van der Waals surface area contributed by atoms with Crippen LogP contribution in [0.5, 0.6) is 0 Å². The lowest BCUT2D eigenvalue weighted by Crippen LogP contribution is -2.07. The summed E-state index contributed by atoms with van der Waals surface area (Å²) in [6, 6.07) is 27.0. The molecule has 0 bridgehead atoms. The van der Waals surface area contributed by atoms with Crippen molar-refractivity contribution < 1.29 is 9.53 Å². The summed E-state index contributed by atoms with van der Waals surface area (Å²) in [5, 5.41) is 3.47. The molecule has 0 aliphatic rings. The van der Waals surface area contributed by atoms with Gasteiger partial charge in [0.2, 0.25) is 0 Å². The molecule has 1 N–H and O–H groups in total. The van der Waals surface area contributed by atoms with Crippen LogP contribution < -0.4 is 5.32 Å². The van der Waals surface area contributed by atoms with Gasteiger partial charge in [-0.05, 0) is 60.9 Å². The van der Waals surface area contributed by atoms with Crippen molar-refractivity contribution >= 4 is 23.4 Å². The topological polar surface area (TPSA) is 38.3 Å². The first-order chi connectivity index (χ1) is 13.7. The van der Waals surface area contributed by atoms with Crippen LogP contribution in [0.2, 0.25) is 0 Å². The molecule has 0 aliphatic heterocycles. The second-order valence-corrected chi connectivity index (χ2v) is 7.56. The van der Waals surface area contributed by atoms with Gasteiger partial charge >= 0.3 is 5.97 Å². The highest BCUT2D eigenvalue weighted by molar-refractivity contribution is 7.99. The quantitative estimate of drug-likeness (QED) is 0.482. The lowest BCUT2D eigenvalue weighted by Gasteiger charge is -2.08. The van der Waals surface area contributed by atoms with Gasteiger partial charge in [0.1, 0.15) is 0 Å². The Morgan fingerprint density at radius 3 is 2.14 bits per heavy atom. The third-order valence-electron chi connectivity index (χ3n) is 4.25. The number of esters is 1. The summed E-state index contributed by atoms with van der Waals surface area (Å²) < 4.78 is 4.99. The Morgan fingerprint density at radius 1 is 0.857 bits per heavy atom. The predicted octanol–water partition coefficient (Wildman–Crippen LogP) is 5.60. The van der Waals surface area contributed by atoms with E-state index in [4.69, 9.17) is 4.74 Å². The van der Waals surface area contributed by atoms with E-state index in [9.17, 15) is 4.79 Å². The highest BCUT2D eigenvalue weighted by atomic mass is 32.2. The molecule has 0 unspecified atom stereocenters. The zero-order valence-corrected chi connectivity index (χ0v) is 16.9. The predicted molar refractivity (Wildman–Crippen MR) is 116 cm³/mol. The van der Waals surface area contributed by atoms with E-state index < -0.39 is 0 Å². The standard InChI is InChI=1S/C24H25NO2S/c1-2-27-24(26)18-20-8-12-22(13-9-20)28-23-14-10-21(11-15-23)25-17-16-19-6-4-3-5-7-19/h3-15,25H,2,16-18H2,1H3. The highest BCUT2D eigenvalue weighted by Crippen LogP contribution is 2.28. The van der Waals surface area contributed by atoms with Crippen molar-refractivity contribution in [1.29, 1.82) is 0 Å². The molecule has 3 rings (SSSR count). The summed E-state index contributed by atoms with van der Waals surface area (Å²) in [7, 11) is 0. The first kappa shape index (κ1) is 20.0. The molecule has 3 nitrogen and oxygen atoms in total. The molecule has 4 heteroatoms. The van der Waals surface area contributed by atoms with Crippen molar-refractivity contribution in [3.8, 4) is 0 Å². The fourth-order valence-electron chi connectivity index (χ4n) is 2.83. The second kappa shape index (κ2) is 10.6. The molecule has 0 amide bonds. The van der Waals surface area contributed by atoms with Crippen LogP contribution in [0.3, 0.4) is 0 Å². The number of rotatable bonds is 9. The summed E-state index contributed by atoms with van der Waals surface area (Å²) in [4.78, 5) is 13.9. The molecule has 0 radical (unpaired) electrons. The minimum absolute atomic E-state index is 0.182. The number of benzene rings is 3. The lowest BCUT2D eigenvalue weighted by atomic mass is 10.1. The fourth-order valence-corrected chi connectivity index (χ4v) is 3.64. The van der Waals surface area contributed by atoms with Crippen molar-refractivity contribution in [2.45, 2.75) is 29.6 Å². The number of carbonyl (C=O) groups excluding carboxylic acids is 1. The first-order valence-electron chi connectivity index (χ1n) is 9.53. The van der Waals surface area contributed by atoms with Gasteiger partial charge in [-0.15, -0.1) is 0 Å². The van der Waals surface area contributed by atoms with Crippen LogP contribution in [0.25, 0.3) is 0 Å². The summed E-state index contributed by atoms with van der Waals surface area (Å²) >= 11 is 1.71. The van der Waals surface area contributed by atoms with E-state index in [0.29, 0.717) is 13.0 Å². The molecule has 3 aromatic carbocycles. The average molecular weight is 392 g/mol. The molecular formula is C24H25NO2S. The van der Waals surface area contributed by atoms with Gasteiger partial charge in [-0.2, -0.15) is 0 Å². The van der Waals surface area contributed by atoms with Crippen LogP contribution in [-0.4, -0.2) is 19.1 Å². The van der Waals surface area contributed by atoms with E-state index >= 15 is 0 Å². The summed E-state index contributed by atoms with van der Waals surface area (Å²) in [5.74, 6) is -0.182. The maximum atomic E-state index is 11.5. The molecular weight excluding hydrogens is 366 g/mol. The lowest BCUT2D eigenvalue weighted by molar-refractivity contribution is -0.142. The highest BCUT2D eigenvalue weighted by Gasteiger charge is 2.04. The van der Waals surface area contributed by atoms with E-state index in [-0.39, 0.29) is 5.97 Å². The van der Waals surface area contributed by atoms with Crippen molar-refractivity contribution in [3.63, 3.8) is 0 Å². The Morgan fingerprint density at radius 2 is 1.50 bits per heavy atom. The summed E-state index contributed by atoms with van der Waals surface area (Å²) in [5.41, 5.74) is 3.44. The normalized spacial score (nSPS) is 10.5. The average Bonchev–Trinajstić information content (AvgIpc) is 2.72. The number of carbonyl (C=O) groups is 1. The molecule has 28 heavy (non-hydrogen) atoms. The summed E-state index contributed by atoms with van der Waals surface area (Å²) in [6.45, 7) is 3.16. The minimum Gasteiger partial charge on any atom is -0.466 e. The molecule has 0 saturated heterocycles. The Kier molecular flexibility index (Phi) is 7.56. The molecule has 0 aromatic heterocycles. The van der Waals surface area contributed by atoms with Gasteiger partial charge in [-0.25, -0.2) is 0 Å². The Bertz CT molecular complexity index is 861. The molecule has 0 saturated carbocycles. The van der Waals surface area contributed by atoms with Gasteiger partial charge in [0.25, 0.3) is 0 Å². The van der Waals surface area contributed by atoms with Crippen LogP contribution in [0.15, 0.2) is 88.7 Å². The SMILES string of the molecule is CCOC(=O)Cc1ccc(Sc2ccc(NCCc3ccccc3)cc2)cc1. The van der Waals surface area contributed by atoms with E-state index in [1.165, 1.54) is 10.5 Å². The molecule has 3 aromatic rings. The Labute approximate surface area is 171 Å². The third-order valence-corrected chi connectivity index (χ3v) is 5.27. The monoisotopic (exact) mass is 391 g/mol. The van der Waals surface area contributed by atoms with E-state index in [0.717, 1.165) is 29.1 Å². The van der Waals surface area contributed by atoms with Gasteiger partial charge in [-0.3, -0.25) is 4.79 Å². The van der Waals surface area contributed by atoms with E-state index in [2.05, 4.69) is 53.8 Å². The minimum atomic E-state index is -0.182. The zero-order valence-electron chi connectivity index (χ0n) is 16.1. The van der Waals surface area contributed by atoms with Crippen molar-refractivity contribution in [1.82, 2.24) is 0 Å². The van der Waals surface area contributed by atoms with Crippen LogP contribution >= 0.6 is 11.8 Å². The number of nitrogens with one attached hydrogen (secondary N) is 1. The van der Waals surface area contributed by atoms with E-state index in [1.54, 1.807) is 11.8 Å². The van der Waals surface area contributed by atoms with Crippen LogP contribution in [0.1, 0.15) is 18.1 Å². The smallest absolute Gasteiger partial charge is 0.310 e. The summed E-state index contributed by atoms with van der Waals surface area (Å²) in [6.07, 6.45) is 1.33. The molecule has 0 aliphatic carbocycles. The van der Waals surface area contributed by atoms with Gasteiger partial charge < -0.3 is 10.1 Å². The maximum Gasteiger partial charge on any atom is 0.310 e. The van der Waals surface area contributed by atoms with Crippen LogP contribution in [-0.2, 0) is 22.4 Å². The maximum absolute atomic E-state index is 11.5. The van der Waals surface area contributed by atoms with E-state index in [1.807, 2.05) is 37.3 Å². The van der Waals surface area contributed by atoms with Gasteiger partial charge in [0.05, 0.1) is 13.0 Å². The van der Waals surface area contributed by atoms with Gasteiger partial charge in [-0.1, -0.05) is 54.2 Å². The van der Waals surface area contributed by atoms with Crippen molar-refractivity contribution in [2.75, 3.05) is 18.5 Å². The Balaban J connectivity index is 1.47. The van der Waals surface area contributed by atoms with Crippen LogP contribution in [0.4, 0.5) is 5.69 Å². The number of ether oxygens (including phenoxy) is 1. The molecule has 0 heterocycles. The molecule has 0 fully saturated rings. The fraction of sp³-hybridized carbons (Fsp3) is 0.208. The van der Waals surface area contributed by atoms with Gasteiger partial charge in [0, 0.05) is 22.0 Å². The number of anilines is 1. The zero-order chi connectivity index (χ0) is 19.6. The molecule has 0 spiro atoms. The number of hydrogen-bond donors (Lipinski definition) is 1. The first-order valence-corrected chi connectivity index (χ1v) is 10.3. The third kappa shape index (κ3) is 6.46. The molecule has 144 valence electrons. The largest absolute Gasteiger partial charge is 0.466 e. The van der Waals surface area contributed by atoms with Crippen molar-refractivity contribution in [3.05, 3.63) is 90.0 Å². The van der Waals surface area contributed by atoms with Crippen molar-refractivity contribution in [2.24, 2.45) is 0 Å². The Hall–Kier alpha value is -2.72. The number of hydrogen-bond acceptors (Lipinski definition) is 4. The second-order valence-electron chi connectivity index (χ2n) is 6.41. The van der Waals surface area contributed by atoms with Crippen LogP contribution in [0, 0.1) is 0 Å². The van der Waals surface area contributed by atoms with Gasteiger partial charge in [0.15, 0.2) is 0 Å².